The number of amides is 1. The number of sulfonamides is 1. The van der Waals surface area contributed by atoms with Gasteiger partial charge in [-0.1, -0.05) is 18.2 Å². The fourth-order valence-corrected chi connectivity index (χ4v) is 4.19. The van der Waals surface area contributed by atoms with Crippen LogP contribution in [0.5, 0.6) is 0 Å². The Morgan fingerprint density at radius 2 is 1.72 bits per heavy atom. The van der Waals surface area contributed by atoms with Gasteiger partial charge in [0.25, 0.3) is 15.9 Å². The van der Waals surface area contributed by atoms with Gasteiger partial charge < -0.3 is 9.73 Å². The van der Waals surface area contributed by atoms with Gasteiger partial charge in [0.1, 0.15) is 4.90 Å². The molecule has 1 aromatic heterocycles. The lowest BCUT2D eigenvalue weighted by Crippen LogP contribution is -2.14. The van der Waals surface area contributed by atoms with Crippen LogP contribution in [0.2, 0.25) is 0 Å². The number of nitrogens with one attached hydrogen (secondary N) is 2. The first-order valence-corrected chi connectivity index (χ1v) is 9.45. The summed E-state index contributed by atoms with van der Waals surface area (Å²) in [5, 5.41) is 2.64. The lowest BCUT2D eigenvalue weighted by molar-refractivity contribution is 0.0996. The van der Waals surface area contributed by atoms with Gasteiger partial charge in [-0.15, -0.1) is 0 Å². The van der Waals surface area contributed by atoms with Crippen LogP contribution in [0.1, 0.15) is 10.6 Å². The van der Waals surface area contributed by atoms with E-state index in [2.05, 4.69) is 26.0 Å². The molecule has 0 fully saturated rings. The molecule has 0 spiro atoms. The maximum atomic E-state index is 12.5. The summed E-state index contributed by atoms with van der Waals surface area (Å²) < 4.78 is 33.0. The Kier molecular flexibility index (Phi) is 4.91. The number of rotatable bonds is 5. The van der Waals surface area contributed by atoms with E-state index in [0.717, 1.165) is 0 Å². The monoisotopic (exact) mass is 420 g/mol. The van der Waals surface area contributed by atoms with Gasteiger partial charge in [-0.3, -0.25) is 9.52 Å². The van der Waals surface area contributed by atoms with Gasteiger partial charge >= 0.3 is 0 Å². The first kappa shape index (κ1) is 17.2. The Bertz CT molecular complexity index is 1000. The summed E-state index contributed by atoms with van der Waals surface area (Å²) in [7, 11) is -3.76. The Labute approximate surface area is 153 Å². The van der Waals surface area contributed by atoms with Crippen molar-refractivity contribution in [2.45, 2.75) is 4.90 Å². The van der Waals surface area contributed by atoms with Gasteiger partial charge in [0.05, 0.1) is 12.0 Å². The maximum Gasteiger partial charge on any atom is 0.291 e. The first-order chi connectivity index (χ1) is 12.0. The first-order valence-electron chi connectivity index (χ1n) is 7.18. The zero-order valence-electron chi connectivity index (χ0n) is 12.8. The van der Waals surface area contributed by atoms with Crippen LogP contribution in [0.15, 0.2) is 80.7 Å². The Morgan fingerprint density at radius 3 is 2.44 bits per heavy atom. The molecule has 0 saturated heterocycles. The summed E-state index contributed by atoms with van der Waals surface area (Å²) in [5.74, 6) is -0.255. The maximum absolute atomic E-state index is 12.5. The molecule has 3 aromatic rings. The largest absolute Gasteiger partial charge is 0.459 e. The number of benzene rings is 2. The third-order valence-electron chi connectivity index (χ3n) is 3.24. The smallest absolute Gasteiger partial charge is 0.291 e. The lowest BCUT2D eigenvalue weighted by atomic mass is 10.3. The quantitative estimate of drug-likeness (QED) is 0.650. The van der Waals surface area contributed by atoms with E-state index in [0.29, 0.717) is 15.8 Å². The minimum Gasteiger partial charge on any atom is -0.459 e. The summed E-state index contributed by atoms with van der Waals surface area (Å²) in [6.07, 6.45) is 1.40. The van der Waals surface area contributed by atoms with Crippen LogP contribution in [-0.2, 0) is 10.0 Å². The second-order valence-corrected chi connectivity index (χ2v) is 7.55. The van der Waals surface area contributed by atoms with E-state index in [1.165, 1.54) is 24.5 Å². The summed E-state index contributed by atoms with van der Waals surface area (Å²) in [5.41, 5.74) is 0.765. The Morgan fingerprint density at radius 1 is 0.960 bits per heavy atom. The van der Waals surface area contributed by atoms with E-state index in [1.807, 2.05) is 0 Å². The van der Waals surface area contributed by atoms with Crippen molar-refractivity contribution in [3.63, 3.8) is 0 Å². The van der Waals surface area contributed by atoms with Gasteiger partial charge in [-0.2, -0.15) is 0 Å². The molecule has 25 heavy (non-hydrogen) atoms. The number of carbonyl (C=O) groups is 1. The number of hydrogen-bond acceptors (Lipinski definition) is 4. The lowest BCUT2D eigenvalue weighted by Gasteiger charge is -2.11. The molecule has 2 N–H and O–H groups in total. The van der Waals surface area contributed by atoms with E-state index in [9.17, 15) is 13.2 Å². The van der Waals surface area contributed by atoms with Crippen molar-refractivity contribution in [1.82, 2.24) is 0 Å². The zero-order valence-corrected chi connectivity index (χ0v) is 15.2. The highest BCUT2D eigenvalue weighted by Crippen LogP contribution is 2.25. The van der Waals surface area contributed by atoms with Crippen molar-refractivity contribution < 1.29 is 17.6 Å². The molecule has 0 atom stereocenters. The zero-order chi connectivity index (χ0) is 17.9. The SMILES string of the molecule is O=C(Nc1cccc(NS(=O)(=O)c2ccccc2Br)c1)c1ccco1. The van der Waals surface area contributed by atoms with Crippen LogP contribution < -0.4 is 10.0 Å². The fraction of sp³-hybridized carbons (Fsp3) is 0. The molecule has 0 radical (unpaired) electrons. The van der Waals surface area contributed by atoms with E-state index in [1.54, 1.807) is 42.5 Å². The normalized spacial score (nSPS) is 11.1. The van der Waals surface area contributed by atoms with E-state index >= 15 is 0 Å². The van der Waals surface area contributed by atoms with Crippen molar-refractivity contribution in [2.75, 3.05) is 10.0 Å². The Hall–Kier alpha value is -2.58. The second-order valence-electron chi connectivity index (χ2n) is 5.05. The van der Waals surface area contributed by atoms with Gasteiger partial charge in [0.15, 0.2) is 5.76 Å². The highest BCUT2D eigenvalue weighted by Gasteiger charge is 2.17. The number of hydrogen-bond donors (Lipinski definition) is 2. The number of anilines is 2. The average molecular weight is 421 g/mol. The van der Waals surface area contributed by atoms with E-state index in [-0.39, 0.29) is 10.7 Å². The highest BCUT2D eigenvalue weighted by molar-refractivity contribution is 9.10. The van der Waals surface area contributed by atoms with Crippen molar-refractivity contribution in [1.29, 1.82) is 0 Å². The summed E-state index contributed by atoms with van der Waals surface area (Å²) >= 11 is 3.23. The predicted molar refractivity (Wildman–Crippen MR) is 98.1 cm³/mol. The van der Waals surface area contributed by atoms with Crippen molar-refractivity contribution in [3.05, 3.63) is 77.2 Å². The van der Waals surface area contributed by atoms with E-state index in [4.69, 9.17) is 4.42 Å². The summed E-state index contributed by atoms with van der Waals surface area (Å²) in [6.45, 7) is 0. The molecule has 1 amide bonds. The molecule has 0 aliphatic heterocycles. The highest BCUT2D eigenvalue weighted by atomic mass is 79.9. The van der Waals surface area contributed by atoms with Gasteiger partial charge in [-0.05, 0) is 58.4 Å². The summed E-state index contributed by atoms with van der Waals surface area (Å²) in [4.78, 5) is 12.1. The van der Waals surface area contributed by atoms with Crippen LogP contribution >= 0.6 is 15.9 Å². The molecule has 0 unspecified atom stereocenters. The van der Waals surface area contributed by atoms with Crippen molar-refractivity contribution in [2.24, 2.45) is 0 Å². The molecule has 0 aliphatic rings. The number of halogens is 1. The van der Waals surface area contributed by atoms with Gasteiger partial charge in [0.2, 0.25) is 0 Å². The van der Waals surface area contributed by atoms with Gasteiger partial charge in [0, 0.05) is 10.2 Å². The number of carbonyl (C=O) groups excluding carboxylic acids is 1. The molecule has 0 bridgehead atoms. The molecule has 6 nitrogen and oxygen atoms in total. The van der Waals surface area contributed by atoms with Gasteiger partial charge in [-0.25, -0.2) is 8.42 Å². The van der Waals surface area contributed by atoms with Crippen molar-refractivity contribution in [3.8, 4) is 0 Å². The second kappa shape index (κ2) is 7.12. The van der Waals surface area contributed by atoms with Crippen LogP contribution in [0, 0.1) is 0 Å². The predicted octanol–water partition coefficient (Wildman–Crippen LogP) is 4.10. The Balaban J connectivity index is 1.80. The number of furan rings is 1. The average Bonchev–Trinajstić information content (AvgIpc) is 3.09. The standard InChI is InChI=1S/C17H13BrN2O4S/c18-14-7-1-2-9-16(14)25(22,23)20-13-6-3-5-12(11-13)19-17(21)15-8-4-10-24-15/h1-11,20H,(H,19,21). The molecule has 0 saturated carbocycles. The molecule has 3 rings (SSSR count). The molecule has 128 valence electrons. The molecular weight excluding hydrogens is 408 g/mol. The third-order valence-corrected chi connectivity index (χ3v) is 5.64. The molecular formula is C17H13BrN2O4S. The van der Waals surface area contributed by atoms with Crippen LogP contribution in [0.25, 0.3) is 0 Å². The topological polar surface area (TPSA) is 88.4 Å². The third kappa shape index (κ3) is 4.09. The molecule has 0 aliphatic carbocycles. The summed E-state index contributed by atoms with van der Waals surface area (Å²) in [6, 6.07) is 16.1. The van der Waals surface area contributed by atoms with Crippen molar-refractivity contribution >= 4 is 43.2 Å². The molecule has 1 heterocycles. The minimum atomic E-state index is -3.76. The van der Waals surface area contributed by atoms with Crippen LogP contribution in [0.3, 0.4) is 0 Å². The minimum absolute atomic E-state index is 0.125. The van der Waals surface area contributed by atoms with Crippen LogP contribution in [0.4, 0.5) is 11.4 Å². The molecule has 8 heteroatoms. The fourth-order valence-electron chi connectivity index (χ4n) is 2.13. The van der Waals surface area contributed by atoms with Crippen LogP contribution in [-0.4, -0.2) is 14.3 Å². The van der Waals surface area contributed by atoms with E-state index < -0.39 is 15.9 Å². The molecule has 2 aromatic carbocycles.